The van der Waals surface area contributed by atoms with Gasteiger partial charge in [-0.05, 0) is 38.1 Å². The number of benzene rings is 1. The highest BCUT2D eigenvalue weighted by molar-refractivity contribution is 5.95. The van der Waals surface area contributed by atoms with Crippen molar-refractivity contribution in [2.24, 2.45) is 5.41 Å². The van der Waals surface area contributed by atoms with Gasteiger partial charge in [-0.2, -0.15) is 0 Å². The van der Waals surface area contributed by atoms with Crippen LogP contribution in [0, 0.1) is 11.2 Å². The molecule has 0 aromatic heterocycles. The smallest absolute Gasteiger partial charge is 0.231 e. The largest absolute Gasteiger partial charge is 0.325 e. The summed E-state index contributed by atoms with van der Waals surface area (Å²) in [6.07, 6.45) is 0.814. The topological polar surface area (TPSA) is 41.1 Å². The molecule has 0 aliphatic carbocycles. The highest BCUT2D eigenvalue weighted by Crippen LogP contribution is 2.26. The van der Waals surface area contributed by atoms with Crippen molar-refractivity contribution >= 4 is 24.0 Å². The Kier molecular flexibility index (Phi) is 4.48. The third kappa shape index (κ3) is 3.17. The van der Waals surface area contributed by atoms with Crippen LogP contribution in [0.5, 0.6) is 0 Å². The molecule has 1 aromatic carbocycles. The summed E-state index contributed by atoms with van der Waals surface area (Å²) in [5.41, 5.74) is 0.130. The van der Waals surface area contributed by atoms with Gasteiger partial charge in [-0.15, -0.1) is 12.4 Å². The summed E-state index contributed by atoms with van der Waals surface area (Å²) < 4.78 is 12.9. The van der Waals surface area contributed by atoms with E-state index < -0.39 is 0 Å². The number of anilines is 1. The minimum atomic E-state index is -0.383. The summed E-state index contributed by atoms with van der Waals surface area (Å²) in [7, 11) is 0. The molecule has 1 atom stereocenters. The van der Waals surface area contributed by atoms with Gasteiger partial charge in [0.25, 0.3) is 0 Å². The van der Waals surface area contributed by atoms with Crippen LogP contribution in [-0.4, -0.2) is 19.0 Å². The zero-order valence-electron chi connectivity index (χ0n) is 9.63. The predicted molar refractivity (Wildman–Crippen MR) is 67.9 cm³/mol. The van der Waals surface area contributed by atoms with Gasteiger partial charge in [0, 0.05) is 12.2 Å². The molecule has 0 saturated carbocycles. The maximum Gasteiger partial charge on any atom is 0.231 e. The molecular formula is C12H16ClFN2O. The van der Waals surface area contributed by atoms with Crippen molar-refractivity contribution in [1.82, 2.24) is 5.32 Å². The van der Waals surface area contributed by atoms with Crippen LogP contribution in [0.2, 0.25) is 0 Å². The minimum absolute atomic E-state index is 0. The summed E-state index contributed by atoms with van der Waals surface area (Å²) in [4.78, 5) is 12.0. The lowest BCUT2D eigenvalue weighted by atomic mass is 9.89. The standard InChI is InChI=1S/C12H15FN2O.ClH/c1-12(5-6-14-8-12)11(16)15-10-4-2-3-9(13)7-10;/h2-4,7,14H,5-6,8H2,1H3,(H,15,16);1H. The van der Waals surface area contributed by atoms with Crippen molar-refractivity contribution < 1.29 is 9.18 Å². The van der Waals surface area contributed by atoms with Gasteiger partial charge in [0.05, 0.1) is 5.41 Å². The van der Waals surface area contributed by atoms with Crippen LogP contribution in [-0.2, 0) is 4.79 Å². The second-order valence-electron chi connectivity index (χ2n) is 4.45. The van der Waals surface area contributed by atoms with E-state index in [0.717, 1.165) is 13.0 Å². The van der Waals surface area contributed by atoms with Crippen molar-refractivity contribution in [3.8, 4) is 0 Å². The van der Waals surface area contributed by atoms with E-state index in [1.165, 1.54) is 12.1 Å². The van der Waals surface area contributed by atoms with Crippen molar-refractivity contribution in [2.75, 3.05) is 18.4 Å². The van der Waals surface area contributed by atoms with Crippen molar-refractivity contribution in [3.05, 3.63) is 30.1 Å². The quantitative estimate of drug-likeness (QED) is 0.854. The number of carbonyl (C=O) groups excluding carboxylic acids is 1. The van der Waals surface area contributed by atoms with Gasteiger partial charge in [-0.25, -0.2) is 4.39 Å². The zero-order chi connectivity index (χ0) is 11.6. The first-order chi connectivity index (χ1) is 7.60. The van der Waals surface area contributed by atoms with Gasteiger partial charge < -0.3 is 10.6 Å². The monoisotopic (exact) mass is 258 g/mol. The Morgan fingerprint density at radius 1 is 1.53 bits per heavy atom. The number of amides is 1. The normalized spacial score (nSPS) is 22.9. The van der Waals surface area contributed by atoms with Crippen LogP contribution < -0.4 is 10.6 Å². The van der Waals surface area contributed by atoms with Crippen LogP contribution in [0.15, 0.2) is 24.3 Å². The molecule has 2 rings (SSSR count). The fourth-order valence-electron chi connectivity index (χ4n) is 1.86. The molecule has 1 unspecified atom stereocenters. The molecule has 1 heterocycles. The third-order valence-electron chi connectivity index (χ3n) is 3.00. The van der Waals surface area contributed by atoms with Crippen molar-refractivity contribution in [2.45, 2.75) is 13.3 Å². The van der Waals surface area contributed by atoms with Crippen LogP contribution in [0.4, 0.5) is 10.1 Å². The summed E-state index contributed by atoms with van der Waals surface area (Å²) >= 11 is 0. The van der Waals surface area contributed by atoms with E-state index in [2.05, 4.69) is 10.6 Å². The predicted octanol–water partition coefficient (Wildman–Crippen LogP) is 2.19. The van der Waals surface area contributed by atoms with Crippen LogP contribution in [0.25, 0.3) is 0 Å². The molecule has 1 amide bonds. The fourth-order valence-corrected chi connectivity index (χ4v) is 1.86. The van der Waals surface area contributed by atoms with E-state index in [-0.39, 0.29) is 29.5 Å². The molecule has 1 aliphatic rings. The molecule has 1 aliphatic heterocycles. The SMILES string of the molecule is CC1(C(=O)Nc2cccc(F)c2)CCNC1.Cl. The first-order valence-electron chi connectivity index (χ1n) is 5.38. The van der Waals surface area contributed by atoms with Crippen LogP contribution >= 0.6 is 12.4 Å². The highest BCUT2D eigenvalue weighted by Gasteiger charge is 2.36. The van der Waals surface area contributed by atoms with Crippen LogP contribution in [0.1, 0.15) is 13.3 Å². The molecule has 17 heavy (non-hydrogen) atoms. The van der Waals surface area contributed by atoms with Crippen molar-refractivity contribution in [3.63, 3.8) is 0 Å². The Morgan fingerprint density at radius 3 is 2.88 bits per heavy atom. The number of hydrogen-bond donors (Lipinski definition) is 2. The van der Waals surface area contributed by atoms with Gasteiger partial charge in [0.15, 0.2) is 0 Å². The molecule has 3 nitrogen and oxygen atoms in total. The maximum atomic E-state index is 12.9. The first kappa shape index (κ1) is 13.9. The lowest BCUT2D eigenvalue weighted by Gasteiger charge is -2.21. The van der Waals surface area contributed by atoms with E-state index in [0.29, 0.717) is 12.2 Å². The number of nitrogens with one attached hydrogen (secondary N) is 2. The van der Waals surface area contributed by atoms with Gasteiger partial charge in [0.2, 0.25) is 5.91 Å². The maximum absolute atomic E-state index is 12.9. The Hall–Kier alpha value is -1.13. The van der Waals surface area contributed by atoms with Crippen LogP contribution in [0.3, 0.4) is 0 Å². The molecule has 94 valence electrons. The summed E-state index contributed by atoms with van der Waals surface area (Å²) in [6.45, 7) is 3.45. The molecular weight excluding hydrogens is 243 g/mol. The molecule has 5 heteroatoms. The molecule has 1 saturated heterocycles. The highest BCUT2D eigenvalue weighted by atomic mass is 35.5. The Balaban J connectivity index is 0.00000144. The molecule has 0 radical (unpaired) electrons. The van der Waals surface area contributed by atoms with E-state index in [1.54, 1.807) is 12.1 Å². The third-order valence-corrected chi connectivity index (χ3v) is 3.00. The van der Waals surface area contributed by atoms with Crippen molar-refractivity contribution in [1.29, 1.82) is 0 Å². The molecule has 0 spiro atoms. The second-order valence-corrected chi connectivity index (χ2v) is 4.45. The van der Waals surface area contributed by atoms with E-state index in [9.17, 15) is 9.18 Å². The number of rotatable bonds is 2. The van der Waals surface area contributed by atoms with Gasteiger partial charge in [-0.1, -0.05) is 6.07 Å². The lowest BCUT2D eigenvalue weighted by Crippen LogP contribution is -2.35. The summed E-state index contributed by atoms with van der Waals surface area (Å²) in [5, 5.41) is 5.90. The minimum Gasteiger partial charge on any atom is -0.325 e. The Bertz CT molecular complexity index is 405. The average Bonchev–Trinajstić information content (AvgIpc) is 2.66. The molecule has 0 bridgehead atoms. The fraction of sp³-hybridized carbons (Fsp3) is 0.417. The van der Waals surface area contributed by atoms with Gasteiger partial charge >= 0.3 is 0 Å². The first-order valence-corrected chi connectivity index (χ1v) is 5.38. The molecule has 2 N–H and O–H groups in total. The number of carbonyl (C=O) groups is 1. The van der Waals surface area contributed by atoms with E-state index in [4.69, 9.17) is 0 Å². The summed E-state index contributed by atoms with van der Waals surface area (Å²) in [5.74, 6) is -0.393. The zero-order valence-corrected chi connectivity index (χ0v) is 10.4. The van der Waals surface area contributed by atoms with Gasteiger partial charge in [-0.3, -0.25) is 4.79 Å². The Labute approximate surface area is 106 Å². The van der Waals surface area contributed by atoms with E-state index in [1.807, 2.05) is 6.92 Å². The van der Waals surface area contributed by atoms with E-state index >= 15 is 0 Å². The lowest BCUT2D eigenvalue weighted by molar-refractivity contribution is -0.123. The number of halogens is 2. The second kappa shape index (κ2) is 5.47. The number of hydrogen-bond acceptors (Lipinski definition) is 2. The molecule has 1 fully saturated rings. The Morgan fingerprint density at radius 2 is 2.29 bits per heavy atom. The van der Waals surface area contributed by atoms with Gasteiger partial charge in [0.1, 0.15) is 5.82 Å². The summed E-state index contributed by atoms with van der Waals surface area (Å²) in [6, 6.07) is 5.95. The average molecular weight is 259 g/mol. The molecule has 1 aromatic rings.